The second-order valence-corrected chi connectivity index (χ2v) is 6.08. The van der Waals surface area contributed by atoms with E-state index in [1.807, 2.05) is 24.3 Å². The van der Waals surface area contributed by atoms with Crippen LogP contribution in [0, 0.1) is 0 Å². The van der Waals surface area contributed by atoms with Crippen LogP contribution in [0.2, 0.25) is 0 Å². The molecular weight excluding hydrogens is 368 g/mol. The van der Waals surface area contributed by atoms with Gasteiger partial charge in [-0.25, -0.2) is 4.98 Å². The number of benzene rings is 1. The highest BCUT2D eigenvalue weighted by Crippen LogP contribution is 2.28. The highest BCUT2D eigenvalue weighted by molar-refractivity contribution is 5.99. The van der Waals surface area contributed by atoms with Gasteiger partial charge in [-0.15, -0.1) is 12.4 Å². The number of para-hydroxylation sites is 2. The number of aromatic nitrogens is 2. The first-order chi connectivity index (χ1) is 12.6. The van der Waals surface area contributed by atoms with E-state index in [4.69, 9.17) is 4.74 Å². The van der Waals surface area contributed by atoms with Crippen molar-refractivity contribution in [3.05, 3.63) is 36.0 Å². The molecule has 0 bridgehead atoms. The Bertz CT molecular complexity index is 788. The lowest BCUT2D eigenvalue weighted by molar-refractivity contribution is 0.0963. The van der Waals surface area contributed by atoms with E-state index in [2.05, 4.69) is 37.7 Å². The molecule has 9 heteroatoms. The maximum Gasteiger partial charge on any atom is 0.256 e. The summed E-state index contributed by atoms with van der Waals surface area (Å²) in [4.78, 5) is 23.4. The first kappa shape index (κ1) is 20.7. The zero-order valence-electron chi connectivity index (χ0n) is 15.7. The number of hydrogen-bond acceptors (Lipinski definition) is 7. The van der Waals surface area contributed by atoms with E-state index in [0.717, 1.165) is 25.3 Å². The van der Waals surface area contributed by atoms with Crippen molar-refractivity contribution < 1.29 is 9.53 Å². The molecule has 0 radical (unpaired) electrons. The lowest BCUT2D eigenvalue weighted by Crippen LogP contribution is -2.50. The summed E-state index contributed by atoms with van der Waals surface area (Å²) >= 11 is 0. The van der Waals surface area contributed by atoms with Crippen molar-refractivity contribution in [2.45, 2.75) is 13.0 Å². The van der Waals surface area contributed by atoms with E-state index >= 15 is 0 Å². The molecule has 3 rings (SSSR count). The normalized spacial score (nSPS) is 16.3. The fourth-order valence-electron chi connectivity index (χ4n) is 2.92. The van der Waals surface area contributed by atoms with Gasteiger partial charge in [-0.1, -0.05) is 12.1 Å². The van der Waals surface area contributed by atoms with Crippen LogP contribution in [0.25, 0.3) is 0 Å². The summed E-state index contributed by atoms with van der Waals surface area (Å²) in [6.45, 7) is 4.68. The van der Waals surface area contributed by atoms with Crippen LogP contribution in [0.1, 0.15) is 17.3 Å². The maximum absolute atomic E-state index is 12.2. The third-order valence-electron chi connectivity index (χ3n) is 4.37. The lowest BCUT2D eigenvalue weighted by atomic mass is 10.2. The van der Waals surface area contributed by atoms with Crippen molar-refractivity contribution in [2.24, 2.45) is 0 Å². The fourth-order valence-corrected chi connectivity index (χ4v) is 2.92. The molecule has 8 nitrogen and oxygen atoms in total. The van der Waals surface area contributed by atoms with Crippen LogP contribution in [-0.2, 0) is 0 Å². The number of rotatable bonds is 5. The van der Waals surface area contributed by atoms with E-state index in [-0.39, 0.29) is 24.4 Å². The lowest BCUT2D eigenvalue weighted by Gasteiger charge is -2.34. The summed E-state index contributed by atoms with van der Waals surface area (Å²) in [5, 5.41) is 9.20. The van der Waals surface area contributed by atoms with Gasteiger partial charge in [-0.05, 0) is 19.1 Å². The molecule has 1 atom stereocenters. The topological polar surface area (TPSA) is 91.4 Å². The largest absolute Gasteiger partial charge is 0.495 e. The quantitative estimate of drug-likeness (QED) is 0.714. The Labute approximate surface area is 165 Å². The molecule has 3 N–H and O–H groups in total. The van der Waals surface area contributed by atoms with Crippen LogP contribution in [-0.4, -0.2) is 55.7 Å². The average Bonchev–Trinajstić information content (AvgIpc) is 2.68. The summed E-state index contributed by atoms with van der Waals surface area (Å²) in [5.74, 6) is 1.47. The zero-order valence-corrected chi connectivity index (χ0v) is 16.5. The van der Waals surface area contributed by atoms with Crippen LogP contribution >= 0.6 is 12.4 Å². The Kier molecular flexibility index (Phi) is 7.20. The second-order valence-electron chi connectivity index (χ2n) is 6.08. The van der Waals surface area contributed by atoms with Crippen LogP contribution in [0.4, 0.5) is 17.5 Å². The number of methoxy groups -OCH3 is 1. The number of ether oxygens (including phenoxy) is 1. The summed E-state index contributed by atoms with van der Waals surface area (Å²) in [7, 11) is 3.19. The predicted molar refractivity (Wildman–Crippen MR) is 109 cm³/mol. The van der Waals surface area contributed by atoms with Gasteiger partial charge >= 0.3 is 0 Å². The molecule has 2 heterocycles. The maximum atomic E-state index is 12.2. The summed E-state index contributed by atoms with van der Waals surface area (Å²) in [6, 6.07) is 7.78. The summed E-state index contributed by atoms with van der Waals surface area (Å²) in [6.07, 6.45) is 1.56. The standard InChI is InChI=1S/C18H24N6O2.ClH/c1-12-10-20-8-9-24(12)18-21-11-13(17(25)19-2)16(23-18)22-14-6-4-5-7-15(14)26-3;/h4-7,11-12,20H,8-10H2,1-3H3,(H,19,25)(H,21,22,23);1H/t12-;/m1./s1. The summed E-state index contributed by atoms with van der Waals surface area (Å²) in [5.41, 5.74) is 1.11. The monoisotopic (exact) mass is 392 g/mol. The van der Waals surface area contributed by atoms with Crippen molar-refractivity contribution in [1.29, 1.82) is 0 Å². The van der Waals surface area contributed by atoms with Gasteiger partial charge in [0.1, 0.15) is 17.1 Å². The Balaban J connectivity index is 0.00000261. The Morgan fingerprint density at radius 1 is 1.37 bits per heavy atom. The van der Waals surface area contributed by atoms with Crippen LogP contribution in [0.15, 0.2) is 30.5 Å². The molecule has 146 valence electrons. The van der Waals surface area contributed by atoms with E-state index in [9.17, 15) is 4.79 Å². The number of halogens is 1. The number of anilines is 3. The minimum Gasteiger partial charge on any atom is -0.495 e. The number of nitrogens with one attached hydrogen (secondary N) is 3. The first-order valence-corrected chi connectivity index (χ1v) is 8.60. The molecule has 0 aliphatic carbocycles. The predicted octanol–water partition coefficient (Wildman–Crippen LogP) is 1.81. The minimum absolute atomic E-state index is 0. The van der Waals surface area contributed by atoms with Gasteiger partial charge in [0.05, 0.1) is 12.8 Å². The number of nitrogens with zero attached hydrogens (tertiary/aromatic N) is 3. The van der Waals surface area contributed by atoms with Gasteiger partial charge in [0.15, 0.2) is 0 Å². The fraction of sp³-hybridized carbons (Fsp3) is 0.389. The molecule has 0 saturated carbocycles. The third kappa shape index (κ3) is 4.58. The van der Waals surface area contributed by atoms with E-state index < -0.39 is 0 Å². The molecule has 1 amide bonds. The Morgan fingerprint density at radius 3 is 2.85 bits per heavy atom. The number of carbonyl (C=O) groups is 1. The van der Waals surface area contributed by atoms with Crippen molar-refractivity contribution in [3.63, 3.8) is 0 Å². The number of carbonyl (C=O) groups excluding carboxylic acids is 1. The van der Waals surface area contributed by atoms with Crippen molar-refractivity contribution >= 4 is 35.8 Å². The molecule has 27 heavy (non-hydrogen) atoms. The molecule has 0 spiro atoms. The molecule has 1 aromatic carbocycles. The van der Waals surface area contributed by atoms with Gasteiger partial charge in [0, 0.05) is 38.9 Å². The Hall–Kier alpha value is -2.58. The molecule has 2 aromatic rings. The van der Waals surface area contributed by atoms with Crippen LogP contribution in [0.5, 0.6) is 5.75 Å². The minimum atomic E-state index is -0.248. The van der Waals surface area contributed by atoms with Gasteiger partial charge in [-0.3, -0.25) is 4.79 Å². The van der Waals surface area contributed by atoms with Gasteiger partial charge in [0.2, 0.25) is 5.95 Å². The van der Waals surface area contributed by atoms with Crippen LogP contribution < -0.4 is 25.6 Å². The van der Waals surface area contributed by atoms with Gasteiger partial charge in [-0.2, -0.15) is 4.98 Å². The smallest absolute Gasteiger partial charge is 0.256 e. The average molecular weight is 393 g/mol. The highest BCUT2D eigenvalue weighted by atomic mass is 35.5. The number of piperazine rings is 1. The number of amides is 1. The third-order valence-corrected chi connectivity index (χ3v) is 4.37. The van der Waals surface area contributed by atoms with Gasteiger partial charge in [0.25, 0.3) is 5.91 Å². The second kappa shape index (κ2) is 9.38. The van der Waals surface area contributed by atoms with E-state index in [1.165, 1.54) is 0 Å². The first-order valence-electron chi connectivity index (χ1n) is 8.60. The van der Waals surface area contributed by atoms with Crippen molar-refractivity contribution in [1.82, 2.24) is 20.6 Å². The molecule has 1 fully saturated rings. The highest BCUT2D eigenvalue weighted by Gasteiger charge is 2.23. The summed E-state index contributed by atoms with van der Waals surface area (Å²) < 4.78 is 5.38. The molecule has 0 unspecified atom stereocenters. The van der Waals surface area contributed by atoms with Crippen molar-refractivity contribution in [2.75, 3.05) is 44.0 Å². The molecule has 1 aliphatic rings. The zero-order chi connectivity index (χ0) is 18.5. The molecule has 1 aliphatic heterocycles. The van der Waals surface area contributed by atoms with Gasteiger partial charge < -0.3 is 25.6 Å². The molecule has 1 saturated heterocycles. The van der Waals surface area contributed by atoms with Crippen LogP contribution in [0.3, 0.4) is 0 Å². The SMILES string of the molecule is CNC(=O)c1cnc(N2CCNC[C@H]2C)nc1Nc1ccccc1OC.Cl. The van der Waals surface area contributed by atoms with E-state index in [0.29, 0.717) is 23.1 Å². The van der Waals surface area contributed by atoms with Crippen molar-refractivity contribution in [3.8, 4) is 5.75 Å². The van der Waals surface area contributed by atoms with E-state index in [1.54, 1.807) is 20.4 Å². The number of hydrogen-bond donors (Lipinski definition) is 3. The Morgan fingerprint density at radius 2 is 2.15 bits per heavy atom. The molecular formula is C18H25ClN6O2. The molecule has 1 aromatic heterocycles.